The summed E-state index contributed by atoms with van der Waals surface area (Å²) in [6.45, 7) is 0.994. The molecule has 3 aromatic carbocycles. The van der Waals surface area contributed by atoms with Crippen LogP contribution in [-0.2, 0) is 10.0 Å². The van der Waals surface area contributed by atoms with Gasteiger partial charge < -0.3 is 5.32 Å². The minimum absolute atomic E-state index is 0.0836. The maximum atomic E-state index is 13.1. The van der Waals surface area contributed by atoms with E-state index in [-0.39, 0.29) is 15.5 Å². The van der Waals surface area contributed by atoms with E-state index in [4.69, 9.17) is 11.6 Å². The lowest BCUT2D eigenvalue weighted by molar-refractivity contribution is 0.102. The predicted molar refractivity (Wildman–Crippen MR) is 124 cm³/mol. The summed E-state index contributed by atoms with van der Waals surface area (Å²) in [7, 11) is -3.66. The number of nitrogens with one attached hydrogen (secondary N) is 1. The molecule has 0 atom stereocenters. The van der Waals surface area contributed by atoms with E-state index in [1.165, 1.54) is 22.5 Å². The normalized spacial score (nSPS) is 14.9. The molecule has 1 N–H and O–H groups in total. The average Bonchev–Trinajstić information content (AvgIpc) is 2.80. The highest BCUT2D eigenvalue weighted by Crippen LogP contribution is 2.30. The Bertz CT molecular complexity index is 1190. The molecular formula is C24H23ClN2O3S. The van der Waals surface area contributed by atoms with Crippen molar-refractivity contribution in [3.05, 3.63) is 83.4 Å². The van der Waals surface area contributed by atoms with Gasteiger partial charge in [0.05, 0.1) is 15.5 Å². The Morgan fingerprint density at radius 2 is 1.55 bits per heavy atom. The second kappa shape index (κ2) is 9.22. The second-order valence-corrected chi connectivity index (χ2v) is 9.82. The fourth-order valence-corrected chi connectivity index (χ4v) is 5.49. The molecule has 1 heterocycles. The van der Waals surface area contributed by atoms with Crippen LogP contribution in [0.5, 0.6) is 0 Å². The van der Waals surface area contributed by atoms with Gasteiger partial charge in [-0.3, -0.25) is 4.79 Å². The SMILES string of the molecule is O=C(Nc1ccccc1-c1ccccc1)c1cc(S(=O)(=O)N2CCCCC2)ccc1Cl. The monoisotopic (exact) mass is 454 g/mol. The Kier molecular flexibility index (Phi) is 6.41. The lowest BCUT2D eigenvalue weighted by atomic mass is 10.0. The lowest BCUT2D eigenvalue weighted by Gasteiger charge is -2.26. The number of amides is 1. The molecule has 1 amide bonds. The molecule has 7 heteroatoms. The van der Waals surface area contributed by atoms with Crippen LogP contribution in [0.1, 0.15) is 29.6 Å². The molecule has 0 bridgehead atoms. The first-order chi connectivity index (χ1) is 15.0. The molecule has 0 saturated carbocycles. The van der Waals surface area contributed by atoms with Crippen LogP contribution in [0.15, 0.2) is 77.7 Å². The molecular weight excluding hydrogens is 432 g/mol. The summed E-state index contributed by atoms with van der Waals surface area (Å²) in [6, 6.07) is 21.5. The first-order valence-electron chi connectivity index (χ1n) is 10.2. The number of hydrogen-bond donors (Lipinski definition) is 1. The third-order valence-corrected chi connectivity index (χ3v) is 7.62. The summed E-state index contributed by atoms with van der Waals surface area (Å²) < 4.78 is 27.5. The lowest BCUT2D eigenvalue weighted by Crippen LogP contribution is -2.35. The summed E-state index contributed by atoms with van der Waals surface area (Å²) in [6.07, 6.45) is 2.72. The highest BCUT2D eigenvalue weighted by atomic mass is 35.5. The molecule has 1 aliphatic rings. The van der Waals surface area contributed by atoms with Gasteiger partial charge >= 0.3 is 0 Å². The number of hydrogen-bond acceptors (Lipinski definition) is 3. The van der Waals surface area contributed by atoms with Crippen LogP contribution in [0.3, 0.4) is 0 Å². The van der Waals surface area contributed by atoms with Crippen LogP contribution in [0, 0.1) is 0 Å². The van der Waals surface area contributed by atoms with Crippen molar-refractivity contribution in [2.75, 3.05) is 18.4 Å². The van der Waals surface area contributed by atoms with Crippen LogP contribution in [0.4, 0.5) is 5.69 Å². The zero-order chi connectivity index (χ0) is 21.8. The standard InChI is InChI=1S/C24H23ClN2O3S/c25-22-14-13-19(31(29,30)27-15-7-2-8-16-27)17-21(22)24(28)26-23-12-6-5-11-20(23)18-9-3-1-4-10-18/h1,3-6,9-14,17H,2,7-8,15-16H2,(H,26,28). The van der Waals surface area contributed by atoms with Gasteiger partial charge in [-0.25, -0.2) is 8.42 Å². The zero-order valence-electron chi connectivity index (χ0n) is 16.9. The first-order valence-corrected chi connectivity index (χ1v) is 12.0. The van der Waals surface area contributed by atoms with Gasteiger partial charge in [-0.05, 0) is 42.7 Å². The quantitative estimate of drug-likeness (QED) is 0.558. The van der Waals surface area contributed by atoms with E-state index < -0.39 is 15.9 Å². The molecule has 0 unspecified atom stereocenters. The molecule has 3 aromatic rings. The fourth-order valence-electron chi connectivity index (χ4n) is 3.74. The molecule has 1 saturated heterocycles. The maximum Gasteiger partial charge on any atom is 0.257 e. The van der Waals surface area contributed by atoms with E-state index in [1.807, 2.05) is 54.6 Å². The summed E-state index contributed by atoms with van der Waals surface area (Å²) in [4.78, 5) is 13.2. The van der Waals surface area contributed by atoms with Crippen molar-refractivity contribution in [2.24, 2.45) is 0 Å². The van der Waals surface area contributed by atoms with Crippen molar-refractivity contribution in [2.45, 2.75) is 24.2 Å². The Morgan fingerprint density at radius 1 is 0.871 bits per heavy atom. The minimum Gasteiger partial charge on any atom is -0.321 e. The van der Waals surface area contributed by atoms with Gasteiger partial charge in [0.25, 0.3) is 5.91 Å². The van der Waals surface area contributed by atoms with Crippen LogP contribution in [0.2, 0.25) is 5.02 Å². The molecule has 4 rings (SSSR count). The first kappa shape index (κ1) is 21.6. The molecule has 1 aliphatic heterocycles. The van der Waals surface area contributed by atoms with Crippen LogP contribution >= 0.6 is 11.6 Å². The Hall–Kier alpha value is -2.67. The number of carbonyl (C=O) groups excluding carboxylic acids is 1. The highest BCUT2D eigenvalue weighted by Gasteiger charge is 2.27. The van der Waals surface area contributed by atoms with Gasteiger partial charge in [-0.1, -0.05) is 66.6 Å². The van der Waals surface area contributed by atoms with Gasteiger partial charge in [0.2, 0.25) is 10.0 Å². The number of anilines is 1. The Morgan fingerprint density at radius 3 is 2.29 bits per heavy atom. The van der Waals surface area contributed by atoms with Gasteiger partial charge in [-0.15, -0.1) is 0 Å². The van der Waals surface area contributed by atoms with Crippen LogP contribution in [0.25, 0.3) is 11.1 Å². The molecule has 0 radical (unpaired) electrons. The predicted octanol–water partition coefficient (Wildman–Crippen LogP) is 5.43. The summed E-state index contributed by atoms with van der Waals surface area (Å²) in [5, 5.41) is 3.09. The minimum atomic E-state index is -3.66. The van der Waals surface area contributed by atoms with Crippen molar-refractivity contribution in [1.29, 1.82) is 0 Å². The number of piperidine rings is 1. The summed E-state index contributed by atoms with van der Waals surface area (Å²) >= 11 is 6.28. The van der Waals surface area contributed by atoms with Crippen molar-refractivity contribution in [3.8, 4) is 11.1 Å². The number of sulfonamides is 1. The summed E-state index contributed by atoms with van der Waals surface area (Å²) in [5.74, 6) is -0.455. The number of nitrogens with zero attached hydrogens (tertiary/aromatic N) is 1. The third-order valence-electron chi connectivity index (χ3n) is 5.40. The zero-order valence-corrected chi connectivity index (χ0v) is 18.5. The van der Waals surface area contributed by atoms with Gasteiger partial charge in [-0.2, -0.15) is 4.31 Å². The molecule has 1 fully saturated rings. The Balaban J connectivity index is 1.64. The fraction of sp³-hybridized carbons (Fsp3) is 0.208. The molecule has 0 spiro atoms. The van der Waals surface area contributed by atoms with E-state index in [2.05, 4.69) is 5.32 Å². The highest BCUT2D eigenvalue weighted by molar-refractivity contribution is 7.89. The number of rotatable bonds is 5. The third kappa shape index (κ3) is 4.66. The number of para-hydroxylation sites is 1. The second-order valence-electron chi connectivity index (χ2n) is 7.47. The molecule has 160 valence electrons. The maximum absolute atomic E-state index is 13.1. The van der Waals surface area contributed by atoms with Crippen molar-refractivity contribution >= 4 is 33.2 Å². The van der Waals surface area contributed by atoms with Gasteiger partial charge in [0, 0.05) is 24.3 Å². The van der Waals surface area contributed by atoms with Crippen molar-refractivity contribution < 1.29 is 13.2 Å². The van der Waals surface area contributed by atoms with E-state index in [9.17, 15) is 13.2 Å². The molecule has 31 heavy (non-hydrogen) atoms. The Labute approximate surface area is 187 Å². The number of benzene rings is 3. The van der Waals surface area contributed by atoms with Gasteiger partial charge in [0.1, 0.15) is 0 Å². The average molecular weight is 455 g/mol. The van der Waals surface area contributed by atoms with E-state index in [0.717, 1.165) is 30.4 Å². The summed E-state index contributed by atoms with van der Waals surface area (Å²) in [5.41, 5.74) is 2.58. The number of halogens is 1. The smallest absolute Gasteiger partial charge is 0.257 e. The largest absolute Gasteiger partial charge is 0.321 e. The van der Waals surface area contributed by atoms with Crippen molar-refractivity contribution in [3.63, 3.8) is 0 Å². The van der Waals surface area contributed by atoms with E-state index in [0.29, 0.717) is 18.8 Å². The van der Waals surface area contributed by atoms with Crippen molar-refractivity contribution in [1.82, 2.24) is 4.31 Å². The van der Waals surface area contributed by atoms with E-state index in [1.54, 1.807) is 0 Å². The van der Waals surface area contributed by atoms with Crippen LogP contribution in [-0.4, -0.2) is 31.7 Å². The molecule has 0 aliphatic carbocycles. The van der Waals surface area contributed by atoms with Crippen LogP contribution < -0.4 is 5.32 Å². The molecule has 0 aromatic heterocycles. The topological polar surface area (TPSA) is 66.5 Å². The van der Waals surface area contributed by atoms with E-state index >= 15 is 0 Å². The number of carbonyl (C=O) groups is 1. The van der Waals surface area contributed by atoms with Gasteiger partial charge in [0.15, 0.2) is 0 Å². The molecule has 5 nitrogen and oxygen atoms in total.